The molecular weight excluding hydrogens is 372 g/mol. The molecule has 3 aromatic rings. The van der Waals surface area contributed by atoms with Crippen LogP contribution < -0.4 is 0 Å². The molecule has 0 radical (unpaired) electrons. The van der Waals surface area contributed by atoms with Gasteiger partial charge in [0.1, 0.15) is 0 Å². The predicted molar refractivity (Wildman–Crippen MR) is 110 cm³/mol. The van der Waals surface area contributed by atoms with Gasteiger partial charge in [-0.2, -0.15) is 5.10 Å². The lowest BCUT2D eigenvalue weighted by Gasteiger charge is -2.35. The Morgan fingerprint density at radius 1 is 1.21 bits per heavy atom. The molecule has 144 valence electrons. The van der Waals surface area contributed by atoms with Gasteiger partial charge in [-0.25, -0.2) is 0 Å². The number of rotatable bonds is 4. The van der Waals surface area contributed by atoms with Crippen molar-refractivity contribution in [3.05, 3.63) is 71.3 Å². The third-order valence-electron chi connectivity index (χ3n) is 5.23. The van der Waals surface area contributed by atoms with Crippen LogP contribution in [0.2, 0.25) is 5.02 Å². The highest BCUT2D eigenvalue weighted by Crippen LogP contribution is 2.36. The molecule has 28 heavy (non-hydrogen) atoms. The summed E-state index contributed by atoms with van der Waals surface area (Å²) in [7, 11) is 1.93. The molecule has 1 amide bonds. The molecule has 1 atom stereocenters. The van der Waals surface area contributed by atoms with Crippen molar-refractivity contribution in [2.75, 3.05) is 6.54 Å². The second-order valence-electron chi connectivity index (χ2n) is 7.24. The van der Waals surface area contributed by atoms with Crippen LogP contribution in [0.4, 0.5) is 0 Å². The maximum absolute atomic E-state index is 13.2. The molecule has 1 saturated heterocycles. The van der Waals surface area contributed by atoms with Gasteiger partial charge in [0.25, 0.3) is 0 Å². The summed E-state index contributed by atoms with van der Waals surface area (Å²) in [6.45, 7) is 0.760. The van der Waals surface area contributed by atoms with E-state index in [4.69, 9.17) is 16.7 Å². The number of pyridine rings is 1. The second-order valence-corrected chi connectivity index (χ2v) is 7.68. The van der Waals surface area contributed by atoms with E-state index in [0.29, 0.717) is 11.4 Å². The molecule has 1 aliphatic heterocycles. The topological polar surface area (TPSA) is 51.0 Å². The molecule has 1 fully saturated rings. The Balaban J connectivity index is 1.64. The monoisotopic (exact) mass is 394 g/mol. The van der Waals surface area contributed by atoms with Crippen molar-refractivity contribution in [2.45, 2.75) is 31.7 Å². The molecule has 0 N–H and O–H groups in total. The third kappa shape index (κ3) is 3.94. The number of carbonyl (C=O) groups excluding carboxylic acids is 1. The fourth-order valence-electron chi connectivity index (χ4n) is 3.94. The van der Waals surface area contributed by atoms with Gasteiger partial charge in [-0.1, -0.05) is 23.7 Å². The summed E-state index contributed by atoms with van der Waals surface area (Å²) in [6.07, 6.45) is 9.00. The number of nitrogens with zero attached hydrogens (tertiary/aromatic N) is 4. The molecule has 0 saturated carbocycles. The van der Waals surface area contributed by atoms with Crippen molar-refractivity contribution in [1.82, 2.24) is 19.7 Å². The van der Waals surface area contributed by atoms with Crippen LogP contribution in [0.15, 0.2) is 55.0 Å². The maximum Gasteiger partial charge on any atom is 0.227 e. The summed E-state index contributed by atoms with van der Waals surface area (Å²) in [5.41, 5.74) is 4.05. The molecule has 2 aromatic heterocycles. The van der Waals surface area contributed by atoms with Gasteiger partial charge in [0, 0.05) is 42.8 Å². The molecule has 4 rings (SSSR count). The first kappa shape index (κ1) is 18.7. The minimum absolute atomic E-state index is 0.00944. The number of halogens is 1. The molecule has 0 aliphatic carbocycles. The van der Waals surface area contributed by atoms with E-state index in [0.717, 1.165) is 48.2 Å². The second kappa shape index (κ2) is 8.15. The zero-order valence-corrected chi connectivity index (χ0v) is 16.6. The van der Waals surface area contributed by atoms with E-state index in [1.54, 1.807) is 12.4 Å². The average molecular weight is 395 g/mol. The fraction of sp³-hybridized carbons (Fsp3) is 0.318. The quantitative estimate of drug-likeness (QED) is 0.657. The van der Waals surface area contributed by atoms with Crippen molar-refractivity contribution < 1.29 is 4.79 Å². The highest BCUT2D eigenvalue weighted by molar-refractivity contribution is 6.30. The van der Waals surface area contributed by atoms with Gasteiger partial charge in [0.05, 0.1) is 18.2 Å². The minimum Gasteiger partial charge on any atom is -0.334 e. The molecule has 1 aliphatic rings. The number of carbonyl (C=O) groups is 1. The SMILES string of the molecule is Cn1cc(-c2ccncc2)c([C@H]2CCCCN2C(=O)Cc2cccc(Cl)c2)n1. The molecule has 6 heteroatoms. The van der Waals surface area contributed by atoms with Crippen molar-refractivity contribution in [3.63, 3.8) is 0 Å². The Morgan fingerprint density at radius 2 is 2.04 bits per heavy atom. The van der Waals surface area contributed by atoms with Crippen molar-refractivity contribution in [3.8, 4) is 11.1 Å². The molecule has 5 nitrogen and oxygen atoms in total. The highest BCUT2D eigenvalue weighted by atomic mass is 35.5. The summed E-state index contributed by atoms with van der Waals surface area (Å²) in [6, 6.07) is 11.5. The Bertz CT molecular complexity index is 970. The van der Waals surface area contributed by atoms with E-state index in [-0.39, 0.29) is 11.9 Å². The number of amides is 1. The Labute approximate surface area is 170 Å². The van der Waals surface area contributed by atoms with E-state index >= 15 is 0 Å². The van der Waals surface area contributed by atoms with Crippen LogP contribution in [0.1, 0.15) is 36.6 Å². The summed E-state index contributed by atoms with van der Waals surface area (Å²) in [5.74, 6) is 0.123. The first-order chi connectivity index (χ1) is 13.6. The lowest BCUT2D eigenvalue weighted by Crippen LogP contribution is -2.39. The third-order valence-corrected chi connectivity index (χ3v) is 5.47. The van der Waals surface area contributed by atoms with Crippen molar-refractivity contribution >= 4 is 17.5 Å². The van der Waals surface area contributed by atoms with Crippen molar-refractivity contribution in [1.29, 1.82) is 0 Å². The van der Waals surface area contributed by atoms with E-state index in [1.807, 2.05) is 59.2 Å². The number of likely N-dealkylation sites (tertiary alicyclic amines) is 1. The smallest absolute Gasteiger partial charge is 0.227 e. The molecule has 1 aromatic carbocycles. The summed E-state index contributed by atoms with van der Waals surface area (Å²) in [4.78, 5) is 19.3. The molecule has 0 bridgehead atoms. The van der Waals surface area contributed by atoms with Crippen LogP contribution in [-0.4, -0.2) is 32.1 Å². The van der Waals surface area contributed by atoms with E-state index < -0.39 is 0 Å². The van der Waals surface area contributed by atoms with Crippen molar-refractivity contribution in [2.24, 2.45) is 7.05 Å². The van der Waals surface area contributed by atoms with Crippen LogP contribution >= 0.6 is 11.6 Å². The van der Waals surface area contributed by atoms with Gasteiger partial charge in [-0.05, 0) is 54.7 Å². The summed E-state index contributed by atoms with van der Waals surface area (Å²) >= 11 is 6.09. The lowest BCUT2D eigenvalue weighted by atomic mass is 9.94. The average Bonchev–Trinajstić information content (AvgIpc) is 3.10. The van der Waals surface area contributed by atoms with E-state index in [2.05, 4.69) is 4.98 Å². The Morgan fingerprint density at radius 3 is 2.82 bits per heavy atom. The van der Waals surface area contributed by atoms with Gasteiger partial charge in [-0.15, -0.1) is 0 Å². The first-order valence-corrected chi connectivity index (χ1v) is 9.97. The molecular formula is C22H23ClN4O. The van der Waals surface area contributed by atoms with Crippen LogP contribution in [0.5, 0.6) is 0 Å². The lowest BCUT2D eigenvalue weighted by molar-refractivity contribution is -0.134. The number of aromatic nitrogens is 3. The van der Waals surface area contributed by atoms with E-state index in [1.165, 1.54) is 0 Å². The normalized spacial score (nSPS) is 16.9. The van der Waals surface area contributed by atoms with Crippen LogP contribution in [0, 0.1) is 0 Å². The van der Waals surface area contributed by atoms with Gasteiger partial charge in [0.15, 0.2) is 0 Å². The largest absolute Gasteiger partial charge is 0.334 e. The summed E-state index contributed by atoms with van der Waals surface area (Å²) in [5, 5.41) is 5.40. The van der Waals surface area contributed by atoms with Crippen LogP contribution in [0.3, 0.4) is 0 Å². The number of benzene rings is 1. The van der Waals surface area contributed by atoms with E-state index in [9.17, 15) is 4.79 Å². The number of piperidine rings is 1. The first-order valence-electron chi connectivity index (χ1n) is 9.59. The van der Waals surface area contributed by atoms with Gasteiger partial charge < -0.3 is 4.90 Å². The zero-order valence-electron chi connectivity index (χ0n) is 15.9. The molecule has 0 spiro atoms. The Kier molecular flexibility index (Phi) is 5.44. The number of hydrogen-bond donors (Lipinski definition) is 0. The van der Waals surface area contributed by atoms with Crippen LogP contribution in [-0.2, 0) is 18.3 Å². The maximum atomic E-state index is 13.2. The van der Waals surface area contributed by atoms with Crippen LogP contribution in [0.25, 0.3) is 11.1 Å². The number of hydrogen-bond acceptors (Lipinski definition) is 3. The summed E-state index contributed by atoms with van der Waals surface area (Å²) < 4.78 is 1.83. The predicted octanol–water partition coefficient (Wildman–Crippen LogP) is 4.43. The van der Waals surface area contributed by atoms with Gasteiger partial charge >= 0.3 is 0 Å². The van der Waals surface area contributed by atoms with Gasteiger partial charge in [0.2, 0.25) is 5.91 Å². The number of aryl methyl sites for hydroxylation is 1. The standard InChI is InChI=1S/C22H23ClN4O/c1-26-15-19(17-8-10-24-11-9-17)22(25-26)20-7-2-3-12-27(20)21(28)14-16-5-4-6-18(23)13-16/h4-6,8-11,13,15,20H,2-3,7,12,14H2,1H3/t20-/m1/s1. The minimum atomic E-state index is -0.00944. The molecule has 3 heterocycles. The zero-order chi connectivity index (χ0) is 19.5. The Hall–Kier alpha value is -2.66. The molecule has 0 unspecified atom stereocenters. The fourth-order valence-corrected chi connectivity index (χ4v) is 4.16. The van der Waals surface area contributed by atoms with Gasteiger partial charge in [-0.3, -0.25) is 14.5 Å². The highest BCUT2D eigenvalue weighted by Gasteiger charge is 2.31.